The van der Waals surface area contributed by atoms with Crippen LogP contribution in [-0.2, 0) is 11.2 Å². The van der Waals surface area contributed by atoms with Crippen molar-refractivity contribution in [1.82, 2.24) is 4.98 Å². The summed E-state index contributed by atoms with van der Waals surface area (Å²) in [5.74, 6) is 0.673. The fraction of sp³-hybridized carbons (Fsp3) is 0.0909. The molecule has 0 atom stereocenters. The van der Waals surface area contributed by atoms with Crippen LogP contribution in [0.2, 0.25) is 0 Å². The third-order valence-electron chi connectivity index (χ3n) is 4.22. The molecule has 1 heterocycles. The van der Waals surface area contributed by atoms with Crippen LogP contribution in [0.15, 0.2) is 72.8 Å². The van der Waals surface area contributed by atoms with E-state index >= 15 is 0 Å². The predicted molar refractivity (Wildman–Crippen MR) is 110 cm³/mol. The Morgan fingerprint density at radius 1 is 1.04 bits per heavy atom. The number of ether oxygens (including phenoxy) is 1. The van der Waals surface area contributed by atoms with Gasteiger partial charge in [-0.05, 0) is 42.0 Å². The molecule has 27 heavy (non-hydrogen) atoms. The second kappa shape index (κ2) is 7.60. The lowest BCUT2D eigenvalue weighted by Crippen LogP contribution is -2.15. The van der Waals surface area contributed by atoms with Gasteiger partial charge in [0.15, 0.2) is 0 Å². The molecule has 4 rings (SSSR count). The van der Waals surface area contributed by atoms with Crippen LogP contribution in [0.4, 0.5) is 5.69 Å². The molecule has 0 radical (unpaired) electrons. The number of carbonyl (C=O) groups excluding carboxylic acids is 1. The number of carbonyl (C=O) groups is 1. The molecule has 1 aromatic heterocycles. The Morgan fingerprint density at radius 2 is 1.85 bits per heavy atom. The number of anilines is 1. The minimum atomic E-state index is -0.0724. The summed E-state index contributed by atoms with van der Waals surface area (Å²) >= 11 is 1.62. The first-order valence-corrected chi connectivity index (χ1v) is 9.42. The van der Waals surface area contributed by atoms with Crippen molar-refractivity contribution in [2.45, 2.75) is 6.42 Å². The minimum absolute atomic E-state index is 0.0724. The average Bonchev–Trinajstić information content (AvgIpc) is 3.12. The summed E-state index contributed by atoms with van der Waals surface area (Å²) in [5.41, 5.74) is 3.57. The predicted octanol–water partition coefficient (Wildman–Crippen LogP) is 5.15. The highest BCUT2D eigenvalue weighted by Gasteiger charge is 2.13. The van der Waals surface area contributed by atoms with Gasteiger partial charge in [-0.1, -0.05) is 36.4 Å². The van der Waals surface area contributed by atoms with Gasteiger partial charge in [0, 0.05) is 5.56 Å². The fourth-order valence-electron chi connectivity index (χ4n) is 2.93. The number of thiazole rings is 1. The van der Waals surface area contributed by atoms with Crippen molar-refractivity contribution in [3.05, 3.63) is 78.4 Å². The number of benzene rings is 3. The van der Waals surface area contributed by atoms with Crippen molar-refractivity contribution in [3.8, 4) is 16.3 Å². The van der Waals surface area contributed by atoms with Crippen molar-refractivity contribution in [2.75, 3.05) is 12.4 Å². The van der Waals surface area contributed by atoms with E-state index in [0.29, 0.717) is 0 Å². The van der Waals surface area contributed by atoms with Gasteiger partial charge >= 0.3 is 0 Å². The van der Waals surface area contributed by atoms with Gasteiger partial charge in [-0.25, -0.2) is 4.98 Å². The first kappa shape index (κ1) is 17.2. The number of hydrogen-bond acceptors (Lipinski definition) is 4. The third kappa shape index (κ3) is 3.83. The molecule has 0 saturated heterocycles. The van der Waals surface area contributed by atoms with E-state index in [0.717, 1.165) is 37.8 Å². The number of amides is 1. The van der Waals surface area contributed by atoms with Crippen molar-refractivity contribution in [3.63, 3.8) is 0 Å². The van der Waals surface area contributed by atoms with Gasteiger partial charge in [0.25, 0.3) is 0 Å². The molecule has 5 heteroatoms. The van der Waals surface area contributed by atoms with E-state index in [-0.39, 0.29) is 12.3 Å². The molecule has 0 spiro atoms. The van der Waals surface area contributed by atoms with E-state index in [9.17, 15) is 4.79 Å². The van der Waals surface area contributed by atoms with E-state index in [4.69, 9.17) is 9.72 Å². The molecule has 134 valence electrons. The zero-order valence-corrected chi connectivity index (χ0v) is 15.6. The van der Waals surface area contributed by atoms with Crippen LogP contribution in [0, 0.1) is 0 Å². The molecule has 1 N–H and O–H groups in total. The standard InChI is InChI=1S/C22H18N2O2S/c1-26-16-8-6-7-15(13-16)14-21(25)23-18-10-3-2-9-17(18)22-24-19-11-4-5-12-20(19)27-22/h2-13H,14H2,1H3,(H,23,25). The molecule has 1 amide bonds. The van der Waals surface area contributed by atoms with Crippen LogP contribution >= 0.6 is 11.3 Å². The number of para-hydroxylation sites is 2. The minimum Gasteiger partial charge on any atom is -0.497 e. The zero-order valence-electron chi connectivity index (χ0n) is 14.8. The van der Waals surface area contributed by atoms with Crippen LogP contribution in [0.25, 0.3) is 20.8 Å². The Morgan fingerprint density at radius 3 is 2.70 bits per heavy atom. The maximum atomic E-state index is 12.6. The first-order valence-electron chi connectivity index (χ1n) is 8.61. The number of hydrogen-bond donors (Lipinski definition) is 1. The second-order valence-electron chi connectivity index (χ2n) is 6.11. The van der Waals surface area contributed by atoms with E-state index in [1.807, 2.05) is 66.7 Å². The molecule has 4 nitrogen and oxygen atoms in total. The fourth-order valence-corrected chi connectivity index (χ4v) is 3.93. The van der Waals surface area contributed by atoms with Gasteiger partial charge in [-0.2, -0.15) is 0 Å². The maximum absolute atomic E-state index is 12.6. The topological polar surface area (TPSA) is 51.2 Å². The van der Waals surface area contributed by atoms with Gasteiger partial charge in [0.05, 0.1) is 29.4 Å². The number of aromatic nitrogens is 1. The highest BCUT2D eigenvalue weighted by Crippen LogP contribution is 2.34. The van der Waals surface area contributed by atoms with Gasteiger partial charge in [0.2, 0.25) is 5.91 Å². The smallest absolute Gasteiger partial charge is 0.228 e. The van der Waals surface area contributed by atoms with Crippen LogP contribution < -0.4 is 10.1 Å². The molecular formula is C22H18N2O2S. The van der Waals surface area contributed by atoms with Gasteiger partial charge in [0.1, 0.15) is 10.8 Å². The quantitative estimate of drug-likeness (QED) is 0.525. The highest BCUT2D eigenvalue weighted by atomic mass is 32.1. The summed E-state index contributed by atoms with van der Waals surface area (Å²) < 4.78 is 6.35. The number of fused-ring (bicyclic) bond motifs is 1. The normalized spacial score (nSPS) is 10.7. The molecule has 0 aliphatic rings. The van der Waals surface area contributed by atoms with Crippen LogP contribution in [0.5, 0.6) is 5.75 Å². The summed E-state index contributed by atoms with van der Waals surface area (Å²) in [7, 11) is 1.62. The molecule has 0 aliphatic carbocycles. The molecule has 0 unspecified atom stereocenters. The van der Waals surface area contributed by atoms with Crippen LogP contribution in [-0.4, -0.2) is 18.0 Å². The van der Waals surface area contributed by atoms with E-state index in [1.165, 1.54) is 0 Å². The summed E-state index contributed by atoms with van der Waals surface area (Å²) in [5, 5.41) is 3.92. The molecular weight excluding hydrogens is 356 g/mol. The molecule has 0 bridgehead atoms. The lowest BCUT2D eigenvalue weighted by Gasteiger charge is -2.10. The summed E-state index contributed by atoms with van der Waals surface area (Å²) in [6.07, 6.45) is 0.283. The van der Waals surface area contributed by atoms with E-state index in [2.05, 4.69) is 11.4 Å². The monoisotopic (exact) mass is 374 g/mol. The van der Waals surface area contributed by atoms with Crippen molar-refractivity contribution in [2.24, 2.45) is 0 Å². The third-order valence-corrected chi connectivity index (χ3v) is 5.29. The molecule has 4 aromatic rings. The summed E-state index contributed by atoms with van der Waals surface area (Å²) in [4.78, 5) is 17.3. The van der Waals surface area contributed by atoms with Gasteiger partial charge < -0.3 is 10.1 Å². The molecule has 3 aromatic carbocycles. The summed E-state index contributed by atoms with van der Waals surface area (Å²) in [6.45, 7) is 0. The maximum Gasteiger partial charge on any atom is 0.228 e. The highest BCUT2D eigenvalue weighted by molar-refractivity contribution is 7.21. The number of nitrogens with one attached hydrogen (secondary N) is 1. The van der Waals surface area contributed by atoms with Gasteiger partial charge in [-0.3, -0.25) is 4.79 Å². The summed E-state index contributed by atoms with van der Waals surface area (Å²) in [6, 6.07) is 23.3. The van der Waals surface area contributed by atoms with Crippen molar-refractivity contribution in [1.29, 1.82) is 0 Å². The van der Waals surface area contributed by atoms with E-state index in [1.54, 1.807) is 18.4 Å². The number of methoxy groups -OCH3 is 1. The Balaban J connectivity index is 1.58. The first-order chi connectivity index (χ1) is 13.2. The van der Waals surface area contributed by atoms with Gasteiger partial charge in [-0.15, -0.1) is 11.3 Å². The molecule has 0 saturated carbocycles. The van der Waals surface area contributed by atoms with Crippen LogP contribution in [0.3, 0.4) is 0 Å². The second-order valence-corrected chi connectivity index (χ2v) is 7.14. The van der Waals surface area contributed by atoms with E-state index < -0.39 is 0 Å². The largest absolute Gasteiger partial charge is 0.497 e. The SMILES string of the molecule is COc1cccc(CC(=O)Nc2ccccc2-c2nc3ccccc3s2)c1. The molecule has 0 aliphatic heterocycles. The average molecular weight is 374 g/mol. The number of rotatable bonds is 5. The Kier molecular flexibility index (Phi) is 4.85. The van der Waals surface area contributed by atoms with Crippen LogP contribution in [0.1, 0.15) is 5.56 Å². The van der Waals surface area contributed by atoms with Crippen molar-refractivity contribution >= 4 is 33.1 Å². The Hall–Kier alpha value is -3.18. The number of nitrogens with zero attached hydrogens (tertiary/aromatic N) is 1. The zero-order chi connectivity index (χ0) is 18.6. The molecule has 0 fully saturated rings. The Labute approximate surface area is 161 Å². The Bertz CT molecular complexity index is 1070. The lowest BCUT2D eigenvalue weighted by atomic mass is 10.1. The van der Waals surface area contributed by atoms with Crippen molar-refractivity contribution < 1.29 is 9.53 Å². The lowest BCUT2D eigenvalue weighted by molar-refractivity contribution is -0.115.